The Kier molecular flexibility index (Phi) is 3.50. The number of nitrogens with zero attached hydrogens (tertiary/aromatic N) is 1. The van der Waals surface area contributed by atoms with Gasteiger partial charge in [0.2, 0.25) is 0 Å². The smallest absolute Gasteiger partial charge is 0.165 e. The van der Waals surface area contributed by atoms with Gasteiger partial charge in [0.25, 0.3) is 0 Å². The van der Waals surface area contributed by atoms with E-state index >= 15 is 0 Å². The lowest BCUT2D eigenvalue weighted by atomic mass is 10.1. The van der Waals surface area contributed by atoms with Crippen LogP contribution in [0, 0.1) is 5.82 Å². The summed E-state index contributed by atoms with van der Waals surface area (Å²) >= 11 is 0. The third-order valence-corrected chi connectivity index (χ3v) is 3.64. The van der Waals surface area contributed by atoms with Crippen molar-refractivity contribution in [2.75, 3.05) is 11.4 Å². The summed E-state index contributed by atoms with van der Waals surface area (Å²) in [7, 11) is 0. The van der Waals surface area contributed by atoms with Gasteiger partial charge in [0.1, 0.15) is 5.82 Å². The van der Waals surface area contributed by atoms with E-state index in [1.54, 1.807) is 12.1 Å². The van der Waals surface area contributed by atoms with Gasteiger partial charge in [0, 0.05) is 30.8 Å². The molecule has 2 aromatic rings. The summed E-state index contributed by atoms with van der Waals surface area (Å²) < 4.78 is 13.3. The number of rotatable bonds is 2. The SMILES string of the molecule is O=C1CCCN(Cc2cccc(F)c2)c2ccccc21. The van der Waals surface area contributed by atoms with Crippen LogP contribution >= 0.6 is 0 Å². The van der Waals surface area contributed by atoms with Gasteiger partial charge >= 0.3 is 0 Å². The second-order valence-corrected chi connectivity index (χ2v) is 5.10. The van der Waals surface area contributed by atoms with Gasteiger partial charge in [-0.3, -0.25) is 4.79 Å². The highest BCUT2D eigenvalue weighted by atomic mass is 19.1. The van der Waals surface area contributed by atoms with Gasteiger partial charge in [-0.1, -0.05) is 24.3 Å². The molecule has 0 saturated carbocycles. The second kappa shape index (κ2) is 5.45. The lowest BCUT2D eigenvalue weighted by Crippen LogP contribution is -2.23. The fourth-order valence-corrected chi connectivity index (χ4v) is 2.69. The van der Waals surface area contributed by atoms with E-state index in [1.807, 2.05) is 30.3 Å². The van der Waals surface area contributed by atoms with E-state index < -0.39 is 0 Å². The van der Waals surface area contributed by atoms with Gasteiger partial charge in [-0.2, -0.15) is 0 Å². The molecule has 20 heavy (non-hydrogen) atoms. The molecular weight excluding hydrogens is 253 g/mol. The van der Waals surface area contributed by atoms with Crippen molar-refractivity contribution in [1.82, 2.24) is 0 Å². The Balaban J connectivity index is 1.93. The molecule has 0 bridgehead atoms. The van der Waals surface area contributed by atoms with Gasteiger partial charge < -0.3 is 4.90 Å². The fraction of sp³-hybridized carbons (Fsp3) is 0.235. The zero-order valence-corrected chi connectivity index (χ0v) is 11.2. The third kappa shape index (κ3) is 2.57. The van der Waals surface area contributed by atoms with Crippen LogP contribution in [-0.4, -0.2) is 12.3 Å². The van der Waals surface area contributed by atoms with Crippen molar-refractivity contribution < 1.29 is 9.18 Å². The van der Waals surface area contributed by atoms with E-state index in [0.717, 1.165) is 29.8 Å². The van der Waals surface area contributed by atoms with E-state index in [1.165, 1.54) is 6.07 Å². The van der Waals surface area contributed by atoms with Crippen molar-refractivity contribution in [2.45, 2.75) is 19.4 Å². The van der Waals surface area contributed by atoms with E-state index in [0.29, 0.717) is 13.0 Å². The van der Waals surface area contributed by atoms with Crippen LogP contribution in [0.25, 0.3) is 0 Å². The molecule has 3 heteroatoms. The molecule has 0 spiro atoms. The third-order valence-electron chi connectivity index (χ3n) is 3.64. The predicted molar refractivity (Wildman–Crippen MR) is 77.5 cm³/mol. The molecule has 0 saturated heterocycles. The second-order valence-electron chi connectivity index (χ2n) is 5.10. The molecule has 0 aromatic heterocycles. The summed E-state index contributed by atoms with van der Waals surface area (Å²) in [5.74, 6) is -0.0241. The molecule has 3 rings (SSSR count). The van der Waals surface area contributed by atoms with Crippen molar-refractivity contribution in [3.63, 3.8) is 0 Å². The van der Waals surface area contributed by atoms with Crippen LogP contribution in [0.2, 0.25) is 0 Å². The number of para-hydroxylation sites is 1. The number of carbonyl (C=O) groups excluding carboxylic acids is 1. The molecule has 0 N–H and O–H groups in total. The van der Waals surface area contributed by atoms with Gasteiger partial charge in [-0.05, 0) is 36.2 Å². The van der Waals surface area contributed by atoms with Crippen LogP contribution in [0.3, 0.4) is 0 Å². The minimum atomic E-state index is -0.221. The predicted octanol–water partition coefficient (Wildman–Crippen LogP) is 3.81. The first-order valence-corrected chi connectivity index (χ1v) is 6.85. The van der Waals surface area contributed by atoms with Crippen molar-refractivity contribution in [3.8, 4) is 0 Å². The van der Waals surface area contributed by atoms with E-state index in [4.69, 9.17) is 0 Å². The number of benzene rings is 2. The number of ketones is 1. The summed E-state index contributed by atoms with van der Waals surface area (Å²) in [5, 5.41) is 0. The fourth-order valence-electron chi connectivity index (χ4n) is 2.69. The maximum absolute atomic E-state index is 13.3. The minimum absolute atomic E-state index is 0.197. The summed E-state index contributed by atoms with van der Waals surface area (Å²) in [6.45, 7) is 1.45. The first-order valence-electron chi connectivity index (χ1n) is 6.85. The summed E-state index contributed by atoms with van der Waals surface area (Å²) in [5.41, 5.74) is 2.66. The molecule has 2 nitrogen and oxygen atoms in total. The Morgan fingerprint density at radius 1 is 1.10 bits per heavy atom. The Labute approximate surface area is 117 Å². The van der Waals surface area contributed by atoms with Crippen molar-refractivity contribution in [1.29, 1.82) is 0 Å². The number of carbonyl (C=O) groups is 1. The highest BCUT2D eigenvalue weighted by Gasteiger charge is 2.20. The van der Waals surface area contributed by atoms with Gasteiger partial charge in [-0.15, -0.1) is 0 Å². The lowest BCUT2D eigenvalue weighted by Gasteiger charge is -2.24. The average Bonchev–Trinajstić information content (AvgIpc) is 2.60. The topological polar surface area (TPSA) is 20.3 Å². The molecule has 0 amide bonds. The Morgan fingerprint density at radius 3 is 2.80 bits per heavy atom. The number of anilines is 1. The summed E-state index contributed by atoms with van der Waals surface area (Å²) in [6.07, 6.45) is 1.42. The number of fused-ring (bicyclic) bond motifs is 1. The van der Waals surface area contributed by atoms with Crippen molar-refractivity contribution in [2.24, 2.45) is 0 Å². The molecule has 0 atom stereocenters. The standard InChI is InChI=1S/C17H16FNO/c18-14-6-3-5-13(11-14)12-19-10-4-9-17(20)15-7-1-2-8-16(15)19/h1-3,5-8,11H,4,9-10,12H2. The van der Waals surface area contributed by atoms with E-state index in [9.17, 15) is 9.18 Å². The van der Waals surface area contributed by atoms with E-state index in [2.05, 4.69) is 4.90 Å². The number of hydrogen-bond donors (Lipinski definition) is 0. The van der Waals surface area contributed by atoms with Crippen molar-refractivity contribution in [3.05, 3.63) is 65.5 Å². The summed E-state index contributed by atoms with van der Waals surface area (Å²) in [6, 6.07) is 14.3. The molecular formula is C17H16FNO. The van der Waals surface area contributed by atoms with E-state index in [-0.39, 0.29) is 11.6 Å². The number of Topliss-reactive ketones (excluding diaryl/α,β-unsaturated/α-hetero) is 1. The molecule has 102 valence electrons. The van der Waals surface area contributed by atoms with Gasteiger partial charge in [-0.25, -0.2) is 4.39 Å². The molecule has 1 heterocycles. The molecule has 0 radical (unpaired) electrons. The highest BCUT2D eigenvalue weighted by Crippen LogP contribution is 2.27. The van der Waals surface area contributed by atoms with Crippen LogP contribution in [0.1, 0.15) is 28.8 Å². The Morgan fingerprint density at radius 2 is 1.95 bits per heavy atom. The van der Waals surface area contributed by atoms with Crippen LogP contribution < -0.4 is 4.90 Å². The van der Waals surface area contributed by atoms with Gasteiger partial charge in [0.05, 0.1) is 0 Å². The van der Waals surface area contributed by atoms with Crippen LogP contribution in [0.15, 0.2) is 48.5 Å². The number of halogens is 1. The largest absolute Gasteiger partial charge is 0.367 e. The zero-order valence-electron chi connectivity index (χ0n) is 11.2. The highest BCUT2D eigenvalue weighted by molar-refractivity contribution is 6.01. The monoisotopic (exact) mass is 269 g/mol. The zero-order chi connectivity index (χ0) is 13.9. The maximum Gasteiger partial charge on any atom is 0.165 e. The maximum atomic E-state index is 13.3. The molecule has 1 aliphatic rings. The summed E-state index contributed by atoms with van der Waals surface area (Å²) in [4.78, 5) is 14.2. The molecule has 1 aliphatic heterocycles. The molecule has 0 unspecified atom stereocenters. The van der Waals surface area contributed by atoms with Crippen LogP contribution in [0.5, 0.6) is 0 Å². The Bertz CT molecular complexity index is 638. The van der Waals surface area contributed by atoms with Crippen LogP contribution in [-0.2, 0) is 6.54 Å². The Hall–Kier alpha value is -2.16. The normalized spacial score (nSPS) is 14.8. The lowest BCUT2D eigenvalue weighted by molar-refractivity contribution is 0.0984. The molecule has 0 aliphatic carbocycles. The minimum Gasteiger partial charge on any atom is -0.367 e. The molecule has 0 fully saturated rings. The van der Waals surface area contributed by atoms with Crippen LogP contribution in [0.4, 0.5) is 10.1 Å². The number of hydrogen-bond acceptors (Lipinski definition) is 2. The average molecular weight is 269 g/mol. The van der Waals surface area contributed by atoms with Crippen molar-refractivity contribution >= 4 is 11.5 Å². The van der Waals surface area contributed by atoms with Gasteiger partial charge in [0.15, 0.2) is 5.78 Å². The molecule has 2 aromatic carbocycles. The first kappa shape index (κ1) is 12.9. The quantitative estimate of drug-likeness (QED) is 0.826. The first-order chi connectivity index (χ1) is 9.74.